The molecule has 6 heteroatoms. The van der Waals surface area contributed by atoms with E-state index in [1.165, 1.54) is 16.0 Å². The molecule has 2 saturated heterocycles. The Balaban J connectivity index is 1.68. The van der Waals surface area contributed by atoms with Crippen molar-refractivity contribution in [3.05, 3.63) is 35.4 Å². The molecule has 0 aliphatic carbocycles. The normalized spacial score (nSPS) is 23.7. The van der Waals surface area contributed by atoms with Crippen molar-refractivity contribution in [1.82, 2.24) is 9.80 Å². The summed E-state index contributed by atoms with van der Waals surface area (Å²) in [5, 5.41) is 10.1. The maximum absolute atomic E-state index is 12.6. The molecule has 1 aromatic carbocycles. The number of hydrogen-bond donors (Lipinski definition) is 1. The largest absolute Gasteiger partial charge is 0.448 e. The molecule has 1 atom stereocenters. The van der Waals surface area contributed by atoms with Crippen LogP contribution in [0.25, 0.3) is 0 Å². The smallest absolute Gasteiger partial charge is 0.410 e. The van der Waals surface area contributed by atoms with Gasteiger partial charge in [-0.2, -0.15) is 0 Å². The number of aryl methyl sites for hydroxylation is 1. The van der Waals surface area contributed by atoms with E-state index >= 15 is 0 Å². The number of nitrogens with zero attached hydrogens (tertiary/aromatic N) is 2. The van der Waals surface area contributed by atoms with Crippen molar-refractivity contribution in [3.63, 3.8) is 0 Å². The number of hydrogen-bond acceptors (Lipinski definition) is 4. The van der Waals surface area contributed by atoms with Crippen LogP contribution < -0.4 is 0 Å². The van der Waals surface area contributed by atoms with Crippen molar-refractivity contribution in [2.24, 2.45) is 5.41 Å². The van der Waals surface area contributed by atoms with E-state index in [-0.39, 0.29) is 24.5 Å². The van der Waals surface area contributed by atoms with E-state index in [2.05, 4.69) is 19.1 Å². The first-order valence-electron chi connectivity index (χ1n) is 8.88. The fourth-order valence-electron chi connectivity index (χ4n) is 3.80. The second-order valence-electron chi connectivity index (χ2n) is 7.22. The number of benzene rings is 1. The fourth-order valence-corrected chi connectivity index (χ4v) is 3.80. The standard InChI is InChI=1S/C19H26N2O4/c1-15-5-2-3-6-16(15)11-19(14-22)7-4-8-21(13-19)17(23)12-20-9-10-25-18(20)24/h2-3,5-6,22H,4,7-14H2,1H3. The van der Waals surface area contributed by atoms with Crippen molar-refractivity contribution in [3.8, 4) is 0 Å². The lowest BCUT2D eigenvalue weighted by molar-refractivity contribution is -0.136. The molecule has 136 valence electrons. The molecule has 25 heavy (non-hydrogen) atoms. The molecule has 2 aliphatic heterocycles. The lowest BCUT2D eigenvalue weighted by Gasteiger charge is -2.42. The van der Waals surface area contributed by atoms with Gasteiger partial charge in [0, 0.05) is 18.5 Å². The molecule has 0 radical (unpaired) electrons. The molecule has 0 bridgehead atoms. The van der Waals surface area contributed by atoms with E-state index in [0.717, 1.165) is 19.3 Å². The first-order valence-corrected chi connectivity index (χ1v) is 8.88. The molecular weight excluding hydrogens is 320 g/mol. The molecule has 2 amide bonds. The second-order valence-corrected chi connectivity index (χ2v) is 7.22. The van der Waals surface area contributed by atoms with Gasteiger partial charge in [0.05, 0.1) is 13.2 Å². The summed E-state index contributed by atoms with van der Waals surface area (Å²) in [6.07, 6.45) is 2.10. The topological polar surface area (TPSA) is 70.1 Å². The molecule has 3 rings (SSSR count). The summed E-state index contributed by atoms with van der Waals surface area (Å²) in [5.74, 6) is -0.0684. The van der Waals surface area contributed by atoms with Gasteiger partial charge in [-0.1, -0.05) is 24.3 Å². The Labute approximate surface area is 148 Å². The lowest BCUT2D eigenvalue weighted by atomic mass is 9.75. The minimum atomic E-state index is -0.418. The maximum atomic E-state index is 12.6. The van der Waals surface area contributed by atoms with Gasteiger partial charge in [0.25, 0.3) is 0 Å². The van der Waals surface area contributed by atoms with Crippen LogP contribution in [0.4, 0.5) is 4.79 Å². The van der Waals surface area contributed by atoms with Gasteiger partial charge in [-0.15, -0.1) is 0 Å². The van der Waals surface area contributed by atoms with E-state index < -0.39 is 6.09 Å². The molecule has 2 heterocycles. The van der Waals surface area contributed by atoms with E-state index in [4.69, 9.17) is 4.74 Å². The van der Waals surface area contributed by atoms with Gasteiger partial charge in [0.15, 0.2) is 0 Å². The fraction of sp³-hybridized carbons (Fsp3) is 0.579. The van der Waals surface area contributed by atoms with Crippen LogP contribution in [-0.2, 0) is 16.0 Å². The van der Waals surface area contributed by atoms with Gasteiger partial charge in [0.2, 0.25) is 5.91 Å². The third-order valence-electron chi connectivity index (χ3n) is 5.35. The summed E-state index contributed by atoms with van der Waals surface area (Å²) in [4.78, 5) is 27.4. The number of ether oxygens (including phenoxy) is 1. The van der Waals surface area contributed by atoms with E-state index in [0.29, 0.717) is 26.2 Å². The Bertz CT molecular complexity index is 648. The maximum Gasteiger partial charge on any atom is 0.410 e. The molecule has 1 N–H and O–H groups in total. The highest BCUT2D eigenvalue weighted by molar-refractivity contribution is 5.83. The van der Waals surface area contributed by atoms with Crippen LogP contribution >= 0.6 is 0 Å². The van der Waals surface area contributed by atoms with Crippen LogP contribution in [-0.4, -0.2) is 66.3 Å². The number of carbonyl (C=O) groups is 2. The molecule has 1 aromatic rings. The molecule has 0 aromatic heterocycles. The van der Waals surface area contributed by atoms with Crippen molar-refractivity contribution in [1.29, 1.82) is 0 Å². The molecule has 2 aliphatic rings. The van der Waals surface area contributed by atoms with Crippen LogP contribution in [0.2, 0.25) is 0 Å². The minimum absolute atomic E-state index is 0.0525. The van der Waals surface area contributed by atoms with Crippen molar-refractivity contribution < 1.29 is 19.4 Å². The highest BCUT2D eigenvalue weighted by Gasteiger charge is 2.38. The minimum Gasteiger partial charge on any atom is -0.448 e. The highest BCUT2D eigenvalue weighted by atomic mass is 16.6. The zero-order chi connectivity index (χ0) is 17.9. The summed E-state index contributed by atoms with van der Waals surface area (Å²) < 4.78 is 4.88. The number of aliphatic hydroxyl groups excluding tert-OH is 1. The zero-order valence-corrected chi connectivity index (χ0v) is 14.7. The van der Waals surface area contributed by atoms with Gasteiger partial charge < -0.3 is 14.7 Å². The number of carbonyl (C=O) groups excluding carboxylic acids is 2. The zero-order valence-electron chi connectivity index (χ0n) is 14.7. The first-order chi connectivity index (χ1) is 12.0. The Morgan fingerprint density at radius 1 is 1.32 bits per heavy atom. The number of cyclic esters (lactones) is 1. The highest BCUT2D eigenvalue weighted by Crippen LogP contribution is 2.34. The van der Waals surface area contributed by atoms with Gasteiger partial charge in [-0.25, -0.2) is 4.79 Å². The summed E-state index contributed by atoms with van der Waals surface area (Å²) in [5.41, 5.74) is 2.11. The lowest BCUT2D eigenvalue weighted by Crippen LogP contribution is -2.51. The van der Waals surface area contributed by atoms with Crippen molar-refractivity contribution in [2.75, 3.05) is 39.4 Å². The monoisotopic (exact) mass is 346 g/mol. The SMILES string of the molecule is Cc1ccccc1CC1(CO)CCCN(C(=O)CN2CCOC2=O)C1. The summed E-state index contributed by atoms with van der Waals surface area (Å²) in [6, 6.07) is 8.19. The van der Waals surface area contributed by atoms with Gasteiger partial charge >= 0.3 is 6.09 Å². The van der Waals surface area contributed by atoms with Crippen LogP contribution in [0.1, 0.15) is 24.0 Å². The number of piperidine rings is 1. The van der Waals surface area contributed by atoms with Gasteiger partial charge in [0.1, 0.15) is 13.2 Å². The quantitative estimate of drug-likeness (QED) is 0.879. The van der Waals surface area contributed by atoms with Gasteiger partial charge in [-0.05, 0) is 37.3 Å². The number of aliphatic hydroxyl groups is 1. The molecule has 1 unspecified atom stereocenters. The molecule has 0 spiro atoms. The third-order valence-corrected chi connectivity index (χ3v) is 5.35. The Morgan fingerprint density at radius 2 is 2.12 bits per heavy atom. The van der Waals surface area contributed by atoms with Crippen LogP contribution in [0, 0.1) is 12.3 Å². The first kappa shape index (κ1) is 17.7. The number of rotatable bonds is 5. The van der Waals surface area contributed by atoms with Crippen molar-refractivity contribution >= 4 is 12.0 Å². The Hall–Kier alpha value is -2.08. The van der Waals surface area contributed by atoms with E-state index in [9.17, 15) is 14.7 Å². The average Bonchev–Trinajstić information content (AvgIpc) is 3.02. The van der Waals surface area contributed by atoms with E-state index in [1.54, 1.807) is 4.90 Å². The average molecular weight is 346 g/mol. The Morgan fingerprint density at radius 3 is 2.80 bits per heavy atom. The predicted octanol–water partition coefficient (Wildman–Crippen LogP) is 1.59. The molecular formula is C19H26N2O4. The summed E-state index contributed by atoms with van der Waals surface area (Å²) >= 11 is 0. The third kappa shape index (κ3) is 3.95. The van der Waals surface area contributed by atoms with Crippen LogP contribution in [0.3, 0.4) is 0 Å². The second kappa shape index (κ2) is 7.44. The molecule has 0 saturated carbocycles. The van der Waals surface area contributed by atoms with Crippen LogP contribution in [0.15, 0.2) is 24.3 Å². The number of amides is 2. The Kier molecular flexibility index (Phi) is 5.27. The molecule has 2 fully saturated rings. The predicted molar refractivity (Wildman–Crippen MR) is 93.1 cm³/mol. The van der Waals surface area contributed by atoms with Crippen molar-refractivity contribution in [2.45, 2.75) is 26.2 Å². The summed E-state index contributed by atoms with van der Waals surface area (Å²) in [7, 11) is 0. The molecule has 6 nitrogen and oxygen atoms in total. The van der Waals surface area contributed by atoms with Gasteiger partial charge in [-0.3, -0.25) is 9.69 Å². The van der Waals surface area contributed by atoms with E-state index in [1.807, 2.05) is 12.1 Å². The number of likely N-dealkylation sites (tertiary alicyclic amines) is 1. The summed E-state index contributed by atoms with van der Waals surface area (Å²) in [6.45, 7) is 4.20. The van der Waals surface area contributed by atoms with Crippen LogP contribution in [0.5, 0.6) is 0 Å².